The molecule has 0 unspecified atom stereocenters. The molecule has 0 rings (SSSR count). The van der Waals surface area contributed by atoms with Crippen LogP contribution in [0.3, 0.4) is 0 Å². The molecule has 1 nitrogen and oxygen atoms in total. The topological polar surface area (TPSA) is 17.1 Å². The summed E-state index contributed by atoms with van der Waals surface area (Å²) in [7, 11) is 0. The molecule has 0 atom stereocenters. The highest BCUT2D eigenvalue weighted by atomic mass is 32.2. The van der Waals surface area contributed by atoms with Crippen molar-refractivity contribution in [3.05, 3.63) is 0 Å². The zero-order valence-corrected chi connectivity index (χ0v) is 9.56. The van der Waals surface area contributed by atoms with E-state index in [0.717, 1.165) is 11.8 Å². The van der Waals surface area contributed by atoms with E-state index in [2.05, 4.69) is 0 Å². The fourth-order valence-corrected chi connectivity index (χ4v) is 1.57. The third-order valence-corrected chi connectivity index (χ3v) is 2.78. The second-order valence-corrected chi connectivity index (χ2v) is 4.56. The summed E-state index contributed by atoms with van der Waals surface area (Å²) in [6, 6.07) is 0. The molecule has 0 bridgehead atoms. The van der Waals surface area contributed by atoms with Crippen LogP contribution in [-0.2, 0) is 4.79 Å². The van der Waals surface area contributed by atoms with Crippen molar-refractivity contribution < 1.29 is 26.7 Å². The molecule has 7 heteroatoms. The molecule has 0 aromatic heterocycles. The monoisotopic (exact) mass is 264 g/mol. The third-order valence-electron chi connectivity index (χ3n) is 1.88. The number of carbonyl (C=O) groups excluding carboxylic acids is 1. The summed E-state index contributed by atoms with van der Waals surface area (Å²) < 4.78 is 62.9. The quantitative estimate of drug-likeness (QED) is 0.515. The van der Waals surface area contributed by atoms with Crippen LogP contribution in [0.4, 0.5) is 22.0 Å². The van der Waals surface area contributed by atoms with Gasteiger partial charge in [0.2, 0.25) is 0 Å². The Morgan fingerprint density at radius 3 is 2.06 bits per heavy atom. The summed E-state index contributed by atoms with van der Waals surface area (Å²) in [6.45, 7) is -0.217. The van der Waals surface area contributed by atoms with Crippen LogP contribution in [0.15, 0.2) is 0 Å². The molecule has 0 fully saturated rings. The van der Waals surface area contributed by atoms with Crippen molar-refractivity contribution >= 4 is 16.9 Å². The molecule has 0 aliphatic rings. The third kappa shape index (κ3) is 5.14. The van der Waals surface area contributed by atoms with Crippen LogP contribution in [0.25, 0.3) is 0 Å². The first kappa shape index (κ1) is 15.7. The highest BCUT2D eigenvalue weighted by molar-refractivity contribution is 8.13. The lowest BCUT2D eigenvalue weighted by Gasteiger charge is -2.25. The van der Waals surface area contributed by atoms with E-state index in [1.165, 1.54) is 6.92 Å². The van der Waals surface area contributed by atoms with E-state index in [1.54, 1.807) is 0 Å². The molecule has 96 valence electrons. The Bertz CT molecular complexity index is 232. The van der Waals surface area contributed by atoms with Crippen molar-refractivity contribution in [1.82, 2.24) is 0 Å². The molecular formula is C9H13F5OS. The number of thioether (sulfide) groups is 1. The molecule has 0 saturated carbocycles. The largest absolute Gasteiger partial charge is 0.312 e. The minimum Gasteiger partial charge on any atom is -0.288 e. The van der Waals surface area contributed by atoms with Gasteiger partial charge in [0, 0.05) is 25.5 Å². The molecule has 0 radical (unpaired) electrons. The van der Waals surface area contributed by atoms with Gasteiger partial charge >= 0.3 is 11.8 Å². The standard InChI is InChI=1S/C9H13F5OS/c1-7(15)16-6-2-3-8(11,12)9(13,14)4-5-10/h2-6H2,1H3. The fourth-order valence-electron chi connectivity index (χ4n) is 0.995. The Hall–Kier alpha value is -0.330. The van der Waals surface area contributed by atoms with E-state index < -0.39 is 31.4 Å². The maximum absolute atomic E-state index is 12.9. The normalized spacial score (nSPS) is 12.9. The Morgan fingerprint density at radius 1 is 1.12 bits per heavy atom. The Labute approximate surface area is 94.8 Å². The summed E-state index contributed by atoms with van der Waals surface area (Å²) >= 11 is 0.805. The minimum absolute atomic E-state index is 0.0661. The zero-order valence-electron chi connectivity index (χ0n) is 8.74. The first-order valence-electron chi connectivity index (χ1n) is 4.68. The maximum Gasteiger partial charge on any atom is 0.312 e. The molecule has 0 N–H and O–H groups in total. The summed E-state index contributed by atoms with van der Waals surface area (Å²) in [5.74, 6) is -8.46. The van der Waals surface area contributed by atoms with Crippen molar-refractivity contribution in [1.29, 1.82) is 0 Å². The molecule has 0 heterocycles. The highest BCUT2D eigenvalue weighted by Crippen LogP contribution is 2.40. The predicted molar refractivity (Wildman–Crippen MR) is 52.9 cm³/mol. The number of hydrogen-bond acceptors (Lipinski definition) is 2. The summed E-state index contributed by atoms with van der Waals surface area (Å²) in [5.41, 5.74) is 0. The van der Waals surface area contributed by atoms with Crippen molar-refractivity contribution in [2.45, 2.75) is 38.0 Å². The first-order chi connectivity index (χ1) is 7.23. The van der Waals surface area contributed by atoms with Crippen LogP contribution in [0, 0.1) is 0 Å². The Balaban J connectivity index is 4.07. The van der Waals surface area contributed by atoms with Gasteiger partial charge in [-0.1, -0.05) is 11.8 Å². The van der Waals surface area contributed by atoms with Gasteiger partial charge in [-0.15, -0.1) is 0 Å². The van der Waals surface area contributed by atoms with Gasteiger partial charge in [0.1, 0.15) is 0 Å². The van der Waals surface area contributed by atoms with Crippen molar-refractivity contribution in [3.8, 4) is 0 Å². The van der Waals surface area contributed by atoms with Crippen LogP contribution in [-0.4, -0.2) is 29.4 Å². The first-order valence-corrected chi connectivity index (χ1v) is 5.66. The van der Waals surface area contributed by atoms with Gasteiger partial charge in [-0.3, -0.25) is 9.18 Å². The average molecular weight is 264 g/mol. The molecule has 0 aliphatic heterocycles. The number of halogens is 5. The smallest absolute Gasteiger partial charge is 0.288 e. The van der Waals surface area contributed by atoms with Gasteiger partial charge in [-0.2, -0.15) is 17.6 Å². The molecule has 16 heavy (non-hydrogen) atoms. The average Bonchev–Trinajstić information content (AvgIpc) is 2.12. The van der Waals surface area contributed by atoms with Crippen LogP contribution in [0.5, 0.6) is 0 Å². The fraction of sp³-hybridized carbons (Fsp3) is 0.889. The van der Waals surface area contributed by atoms with Crippen LogP contribution in [0.2, 0.25) is 0 Å². The summed E-state index contributed by atoms with van der Waals surface area (Å²) in [4.78, 5) is 10.4. The number of rotatable bonds is 7. The Kier molecular flexibility index (Phi) is 6.28. The van der Waals surface area contributed by atoms with E-state index in [1.807, 2.05) is 0 Å². The van der Waals surface area contributed by atoms with Crippen LogP contribution in [0.1, 0.15) is 26.2 Å². The molecular weight excluding hydrogens is 251 g/mol. The maximum atomic E-state index is 12.9. The van der Waals surface area contributed by atoms with Gasteiger partial charge in [0.25, 0.3) is 0 Å². The van der Waals surface area contributed by atoms with Crippen LogP contribution >= 0.6 is 11.8 Å². The van der Waals surface area contributed by atoms with E-state index >= 15 is 0 Å². The highest BCUT2D eigenvalue weighted by Gasteiger charge is 2.54. The molecule has 0 aliphatic carbocycles. The van der Waals surface area contributed by atoms with E-state index in [9.17, 15) is 26.7 Å². The molecule has 0 aromatic carbocycles. The second kappa shape index (κ2) is 6.42. The van der Waals surface area contributed by atoms with Crippen LogP contribution < -0.4 is 0 Å². The van der Waals surface area contributed by atoms with Gasteiger partial charge in [0.05, 0.1) is 6.67 Å². The Morgan fingerprint density at radius 2 is 1.62 bits per heavy atom. The molecule has 0 amide bonds. The van der Waals surface area contributed by atoms with Gasteiger partial charge < -0.3 is 0 Å². The van der Waals surface area contributed by atoms with Crippen molar-refractivity contribution in [2.75, 3.05) is 12.4 Å². The number of hydrogen-bond donors (Lipinski definition) is 0. The second-order valence-electron chi connectivity index (χ2n) is 3.29. The van der Waals surface area contributed by atoms with Gasteiger partial charge in [-0.05, 0) is 6.42 Å². The summed E-state index contributed by atoms with van der Waals surface area (Å²) in [6.07, 6.45) is -2.72. The molecule has 0 saturated heterocycles. The van der Waals surface area contributed by atoms with E-state index in [4.69, 9.17) is 0 Å². The number of carbonyl (C=O) groups is 1. The van der Waals surface area contributed by atoms with Gasteiger partial charge in [-0.25, -0.2) is 0 Å². The predicted octanol–water partition coefficient (Wildman–Crippen LogP) is 3.68. The molecule has 0 aromatic rings. The number of alkyl halides is 5. The van der Waals surface area contributed by atoms with E-state index in [0.29, 0.717) is 0 Å². The lowest BCUT2D eigenvalue weighted by molar-refractivity contribution is -0.216. The zero-order chi connectivity index (χ0) is 12.8. The lowest BCUT2D eigenvalue weighted by atomic mass is 10.0. The lowest BCUT2D eigenvalue weighted by Crippen LogP contribution is -2.40. The summed E-state index contributed by atoms with van der Waals surface area (Å²) in [5, 5.41) is -0.251. The van der Waals surface area contributed by atoms with Crippen molar-refractivity contribution in [3.63, 3.8) is 0 Å². The van der Waals surface area contributed by atoms with Gasteiger partial charge in [0.15, 0.2) is 5.12 Å². The molecule has 0 spiro atoms. The van der Waals surface area contributed by atoms with E-state index in [-0.39, 0.29) is 17.3 Å². The van der Waals surface area contributed by atoms with Crippen molar-refractivity contribution in [2.24, 2.45) is 0 Å². The minimum atomic E-state index is -4.32. The SMILES string of the molecule is CC(=O)SCCCC(F)(F)C(F)(F)CCF.